The van der Waals surface area contributed by atoms with Crippen molar-refractivity contribution in [3.63, 3.8) is 0 Å². The van der Waals surface area contributed by atoms with Crippen LogP contribution in [0.25, 0.3) is 105 Å². The number of fused-ring (bicyclic) bond motifs is 6. The van der Waals surface area contributed by atoms with E-state index in [9.17, 15) is 0 Å². The molecule has 0 bridgehead atoms. The number of nitrogens with zero attached hydrogens (tertiary/aromatic N) is 2. The van der Waals surface area contributed by atoms with Crippen LogP contribution in [0.1, 0.15) is 5.82 Å². The Hall–Kier alpha value is -6.45. The number of hydrogen-bond acceptors (Lipinski definition) is 1. The zero-order chi connectivity index (χ0) is 39.3. The maximum Gasteiger partial charge on any atom is 0.101 e. The summed E-state index contributed by atoms with van der Waals surface area (Å²) in [5.41, 5.74) is 14.3. The minimum absolute atomic E-state index is 0.259. The summed E-state index contributed by atoms with van der Waals surface area (Å²) in [4.78, 5) is 4.78. The van der Waals surface area contributed by atoms with Gasteiger partial charge in [-0.3, -0.25) is 4.57 Å². The molecule has 0 spiro atoms. The molecule has 7 heteroatoms. The fraction of sp³-hybridized carbons (Fsp3) is 0.0392. The van der Waals surface area contributed by atoms with Gasteiger partial charge in [-0.1, -0.05) is 151 Å². The maximum atomic E-state index is 6.57. The maximum absolute atomic E-state index is 6.57. The van der Waals surface area contributed by atoms with Crippen molar-refractivity contribution in [2.24, 2.45) is 0 Å². The van der Waals surface area contributed by atoms with Gasteiger partial charge in [-0.15, -0.1) is 5.11 Å². The lowest BCUT2D eigenvalue weighted by molar-refractivity contribution is 0.757. The third-order valence-electron chi connectivity index (χ3n) is 12.0. The van der Waals surface area contributed by atoms with Gasteiger partial charge in [0.2, 0.25) is 0 Å². The number of aromatic nitrogens is 2. The number of para-hydroxylation sites is 2. The average molecular weight is 724 g/mol. The second kappa shape index (κ2) is 12.8. The lowest BCUT2D eigenvalue weighted by Gasteiger charge is -2.41. The fourth-order valence-corrected chi connectivity index (χ4v) is 9.19. The molecular weight excluding hydrogens is 695 g/mol. The molecule has 0 saturated carbocycles. The highest BCUT2D eigenvalue weighted by molar-refractivity contribution is 6.67. The van der Waals surface area contributed by atoms with Gasteiger partial charge < -0.3 is 0 Å². The molecular formula is C51H29B5N2. The van der Waals surface area contributed by atoms with E-state index < -0.39 is 10.3 Å². The number of imidazole rings is 1. The van der Waals surface area contributed by atoms with Gasteiger partial charge in [0.1, 0.15) is 5.82 Å². The van der Waals surface area contributed by atoms with E-state index in [0.717, 1.165) is 27.9 Å². The molecule has 1 aromatic heterocycles. The molecule has 0 aliphatic heterocycles. The van der Waals surface area contributed by atoms with Crippen molar-refractivity contribution in [1.82, 2.24) is 9.55 Å². The number of rotatable bonds is 6. The van der Waals surface area contributed by atoms with Gasteiger partial charge in [-0.05, 0) is 118 Å². The van der Waals surface area contributed by atoms with Crippen molar-refractivity contribution < 1.29 is 0 Å². The summed E-state index contributed by atoms with van der Waals surface area (Å²) in [6.07, 6.45) is 0. The molecule has 1 aliphatic carbocycles. The molecule has 1 aliphatic rings. The van der Waals surface area contributed by atoms with Crippen molar-refractivity contribution in [1.29, 1.82) is 0 Å². The predicted molar refractivity (Wildman–Crippen MR) is 247 cm³/mol. The van der Waals surface area contributed by atoms with Crippen LogP contribution in [0, 0.1) is 0 Å². The van der Waals surface area contributed by atoms with Gasteiger partial charge in [-0.2, -0.15) is 0 Å². The van der Waals surface area contributed by atoms with E-state index in [-0.39, 0.29) is 5.82 Å². The summed E-state index contributed by atoms with van der Waals surface area (Å²) in [5.74, 6) is 0.259. The van der Waals surface area contributed by atoms with Gasteiger partial charge in [0.25, 0.3) is 0 Å². The van der Waals surface area contributed by atoms with Crippen LogP contribution in [0.5, 0.6) is 0 Å². The minimum Gasteiger partial charge on any atom is -0.297 e. The van der Waals surface area contributed by atoms with Gasteiger partial charge in [0.05, 0.1) is 50.3 Å². The normalized spacial score (nSPS) is 12.5. The Labute approximate surface area is 344 Å². The van der Waals surface area contributed by atoms with Gasteiger partial charge >= 0.3 is 0 Å². The largest absolute Gasteiger partial charge is 0.297 e. The zero-order valence-electron chi connectivity index (χ0n) is 31.5. The van der Waals surface area contributed by atoms with Crippen LogP contribution < -0.4 is 0 Å². The second-order valence-corrected chi connectivity index (χ2v) is 15.5. The summed E-state index contributed by atoms with van der Waals surface area (Å²) in [7, 11) is 31.5. The molecule has 9 aromatic carbocycles. The van der Waals surface area contributed by atoms with Crippen LogP contribution in [0.15, 0.2) is 176 Å². The van der Waals surface area contributed by atoms with E-state index >= 15 is 0 Å². The summed E-state index contributed by atoms with van der Waals surface area (Å²) in [5, 5.41) is 3.60. The summed E-state index contributed by atoms with van der Waals surface area (Å²) in [6.45, 7) is 0. The quantitative estimate of drug-likeness (QED) is 0.123. The lowest BCUT2D eigenvalue weighted by Crippen LogP contribution is -2.45. The summed E-state index contributed by atoms with van der Waals surface area (Å²) in [6, 6.07) is 62.4. The second-order valence-electron chi connectivity index (χ2n) is 15.5. The van der Waals surface area contributed by atoms with Crippen LogP contribution in [0.4, 0.5) is 0 Å². The number of benzene rings is 9. The van der Waals surface area contributed by atoms with Crippen molar-refractivity contribution in [2.75, 3.05) is 0 Å². The van der Waals surface area contributed by atoms with E-state index in [1.807, 2.05) is 41.0 Å². The Morgan fingerprint density at radius 2 is 0.897 bits per heavy atom. The topological polar surface area (TPSA) is 17.8 Å². The molecule has 58 heavy (non-hydrogen) atoms. The first-order valence-electron chi connectivity index (χ1n) is 19.4. The smallest absolute Gasteiger partial charge is 0.101 e. The molecule has 0 N–H and O–H groups in total. The fourth-order valence-electron chi connectivity index (χ4n) is 9.19. The third kappa shape index (κ3) is 5.09. The summed E-state index contributed by atoms with van der Waals surface area (Å²) >= 11 is 0. The Morgan fingerprint density at radius 3 is 1.59 bits per heavy atom. The molecule has 0 saturated heterocycles. The molecule has 1 heterocycles. The first kappa shape index (κ1) is 34.8. The van der Waals surface area contributed by atoms with E-state index in [0.29, 0.717) is 5.52 Å². The Bertz CT molecular complexity index is 3230. The van der Waals surface area contributed by atoms with E-state index in [1.54, 1.807) is 0 Å². The van der Waals surface area contributed by atoms with Crippen molar-refractivity contribution in [3.05, 3.63) is 182 Å². The van der Waals surface area contributed by atoms with Crippen LogP contribution in [-0.2, 0) is 5.21 Å². The van der Waals surface area contributed by atoms with Crippen molar-refractivity contribution >= 4 is 82.6 Å². The molecule has 10 radical (unpaired) electrons. The first-order chi connectivity index (χ1) is 28.2. The van der Waals surface area contributed by atoms with Crippen LogP contribution in [0.2, 0.25) is 5.11 Å². The highest BCUT2D eigenvalue weighted by Gasteiger charge is 2.36. The van der Waals surface area contributed by atoms with Crippen LogP contribution >= 0.6 is 0 Å². The SMILES string of the molecule is [B]C([B])([B])C([B])([B])c1nc2ccccc2n1-c1cccc(-c2cccc(-c3c4ccccc4c(-c4ccc5c6c(cccc46)-c4ccccc4-5)c4ccccc34)c2)c1. The predicted octanol–water partition coefficient (Wildman–Crippen LogP) is 11.2. The molecule has 258 valence electrons. The molecule has 0 unspecified atom stereocenters. The monoisotopic (exact) mass is 724 g/mol. The minimum atomic E-state index is -1.95. The zero-order valence-corrected chi connectivity index (χ0v) is 31.5. The van der Waals surface area contributed by atoms with Crippen molar-refractivity contribution in [3.8, 4) is 61.3 Å². The van der Waals surface area contributed by atoms with E-state index in [2.05, 4.69) is 140 Å². The Morgan fingerprint density at radius 1 is 0.397 bits per heavy atom. The van der Waals surface area contributed by atoms with Gasteiger partial charge in [0.15, 0.2) is 0 Å². The number of hydrogen-bond donors (Lipinski definition) is 0. The molecule has 11 rings (SSSR count). The average Bonchev–Trinajstić information content (AvgIpc) is 3.81. The standard InChI is InChI=1S/C51H29B5N2/c52-50(53,51(54,55)56)49-57-44-24-7-8-25-45(44)58(49)33-15-10-13-31(29-33)30-12-9-14-32(28-30)46-37-18-3-5-20-39(37)48(40-21-6-4-19-38(40)46)43-27-26-42-35-17-2-1-16-34(35)36-22-11-23-41(43)47(36)42/h1-29H. The molecule has 0 atom stereocenters. The van der Waals surface area contributed by atoms with Crippen molar-refractivity contribution in [2.45, 2.75) is 10.3 Å². The Kier molecular flexibility index (Phi) is 7.66. The highest BCUT2D eigenvalue weighted by atomic mass is 15.1. The molecule has 10 aromatic rings. The molecule has 0 amide bonds. The van der Waals surface area contributed by atoms with Gasteiger partial charge in [-0.25, -0.2) is 4.98 Å². The molecule has 0 fully saturated rings. The van der Waals surface area contributed by atoms with Gasteiger partial charge in [0, 0.05) is 5.69 Å². The Balaban J connectivity index is 1.10. The summed E-state index contributed by atoms with van der Waals surface area (Å²) < 4.78 is 1.89. The van der Waals surface area contributed by atoms with Crippen LogP contribution in [0.3, 0.4) is 0 Å². The van der Waals surface area contributed by atoms with Crippen LogP contribution in [-0.4, -0.2) is 48.8 Å². The first-order valence-corrected chi connectivity index (χ1v) is 19.4. The lowest BCUT2D eigenvalue weighted by atomic mass is 9.23. The van der Waals surface area contributed by atoms with E-state index in [1.165, 1.54) is 71.3 Å². The van der Waals surface area contributed by atoms with E-state index in [4.69, 9.17) is 44.2 Å². The molecule has 2 nitrogen and oxygen atoms in total. The highest BCUT2D eigenvalue weighted by Crippen LogP contribution is 2.52. The third-order valence-corrected chi connectivity index (χ3v) is 12.0.